The summed E-state index contributed by atoms with van der Waals surface area (Å²) in [6.07, 6.45) is 7.65. The number of ether oxygens (including phenoxy) is 1. The standard InChI is InChI=1S/C15H23NO2/c1-10-6-13(10)14-7-12(14)2-3-15(17)16-8-11-4-5-18-9-11/h2-3,10-14H,4-9H2,1H3,(H,16,17)/b3-2+. The highest BCUT2D eigenvalue weighted by molar-refractivity contribution is 5.87. The minimum Gasteiger partial charge on any atom is -0.381 e. The monoisotopic (exact) mass is 249 g/mol. The molecule has 18 heavy (non-hydrogen) atoms. The van der Waals surface area contributed by atoms with Crippen LogP contribution in [0.15, 0.2) is 12.2 Å². The van der Waals surface area contributed by atoms with E-state index in [2.05, 4.69) is 18.3 Å². The molecule has 0 spiro atoms. The normalized spacial score (nSPS) is 42.2. The first-order chi connectivity index (χ1) is 8.74. The summed E-state index contributed by atoms with van der Waals surface area (Å²) in [5.41, 5.74) is 0. The van der Waals surface area contributed by atoms with E-state index in [1.54, 1.807) is 6.08 Å². The molecule has 0 aromatic rings. The Morgan fingerprint density at radius 1 is 1.39 bits per heavy atom. The van der Waals surface area contributed by atoms with Gasteiger partial charge in [-0.2, -0.15) is 0 Å². The number of nitrogens with one attached hydrogen (secondary N) is 1. The van der Waals surface area contributed by atoms with E-state index < -0.39 is 0 Å². The summed E-state index contributed by atoms with van der Waals surface area (Å²) in [5, 5.41) is 2.97. The summed E-state index contributed by atoms with van der Waals surface area (Å²) in [5.74, 6) is 4.04. The molecule has 0 radical (unpaired) electrons. The van der Waals surface area contributed by atoms with Crippen molar-refractivity contribution in [1.29, 1.82) is 0 Å². The van der Waals surface area contributed by atoms with Gasteiger partial charge in [0, 0.05) is 19.1 Å². The molecular formula is C15H23NO2. The molecule has 5 atom stereocenters. The van der Waals surface area contributed by atoms with E-state index in [4.69, 9.17) is 4.74 Å². The molecule has 3 aliphatic rings. The van der Waals surface area contributed by atoms with Crippen LogP contribution in [0, 0.1) is 29.6 Å². The molecule has 100 valence electrons. The second-order valence-corrected chi connectivity index (χ2v) is 6.27. The van der Waals surface area contributed by atoms with E-state index in [-0.39, 0.29) is 5.91 Å². The lowest BCUT2D eigenvalue weighted by Gasteiger charge is -2.07. The Kier molecular flexibility index (Phi) is 3.42. The first kappa shape index (κ1) is 12.2. The lowest BCUT2D eigenvalue weighted by Crippen LogP contribution is -2.27. The number of allylic oxidation sites excluding steroid dienone is 1. The van der Waals surface area contributed by atoms with E-state index in [0.29, 0.717) is 11.8 Å². The van der Waals surface area contributed by atoms with Crippen molar-refractivity contribution >= 4 is 5.91 Å². The Hall–Kier alpha value is -0.830. The average Bonchev–Trinajstić information content (AvgIpc) is 3.22. The second-order valence-electron chi connectivity index (χ2n) is 6.27. The minimum atomic E-state index is 0.0661. The third-order valence-electron chi connectivity index (χ3n) is 4.70. The highest BCUT2D eigenvalue weighted by Crippen LogP contribution is 2.58. The SMILES string of the molecule is CC1CC1C1CC1/C=C/C(=O)NCC1CCOC1. The van der Waals surface area contributed by atoms with Crippen molar-refractivity contribution in [2.75, 3.05) is 19.8 Å². The van der Waals surface area contributed by atoms with Gasteiger partial charge in [0.05, 0.1) is 6.61 Å². The number of hydrogen-bond donors (Lipinski definition) is 1. The fourth-order valence-corrected chi connectivity index (χ4v) is 3.16. The van der Waals surface area contributed by atoms with Gasteiger partial charge in [-0.15, -0.1) is 0 Å². The molecule has 5 unspecified atom stereocenters. The van der Waals surface area contributed by atoms with Crippen molar-refractivity contribution in [3.05, 3.63) is 12.2 Å². The number of amides is 1. The number of carbonyl (C=O) groups excluding carboxylic acids is 1. The van der Waals surface area contributed by atoms with E-state index in [1.807, 2.05) is 0 Å². The van der Waals surface area contributed by atoms with Gasteiger partial charge in [0.15, 0.2) is 0 Å². The second kappa shape index (κ2) is 5.04. The molecule has 3 nitrogen and oxygen atoms in total. The Labute approximate surface area is 109 Å². The van der Waals surface area contributed by atoms with Gasteiger partial charge in [-0.1, -0.05) is 13.0 Å². The molecule has 1 aliphatic heterocycles. The summed E-state index contributed by atoms with van der Waals surface area (Å²) in [6, 6.07) is 0. The van der Waals surface area contributed by atoms with Gasteiger partial charge in [-0.3, -0.25) is 4.79 Å². The Morgan fingerprint density at radius 2 is 2.22 bits per heavy atom. The van der Waals surface area contributed by atoms with Crippen molar-refractivity contribution < 1.29 is 9.53 Å². The third-order valence-corrected chi connectivity index (χ3v) is 4.70. The summed E-state index contributed by atoms with van der Waals surface area (Å²) < 4.78 is 5.29. The van der Waals surface area contributed by atoms with Crippen LogP contribution in [0.4, 0.5) is 0 Å². The van der Waals surface area contributed by atoms with E-state index >= 15 is 0 Å². The summed E-state index contributed by atoms with van der Waals surface area (Å²) in [6.45, 7) is 4.74. The fraction of sp³-hybridized carbons (Fsp3) is 0.800. The maximum absolute atomic E-state index is 11.6. The zero-order valence-electron chi connectivity index (χ0n) is 11.1. The van der Waals surface area contributed by atoms with Crippen LogP contribution in [0.5, 0.6) is 0 Å². The lowest BCUT2D eigenvalue weighted by molar-refractivity contribution is -0.116. The van der Waals surface area contributed by atoms with E-state index in [0.717, 1.165) is 43.9 Å². The first-order valence-corrected chi connectivity index (χ1v) is 7.28. The van der Waals surface area contributed by atoms with Crippen molar-refractivity contribution in [1.82, 2.24) is 5.32 Å². The van der Waals surface area contributed by atoms with E-state index in [1.165, 1.54) is 12.8 Å². The molecule has 3 fully saturated rings. The van der Waals surface area contributed by atoms with Crippen LogP contribution in [-0.4, -0.2) is 25.7 Å². The smallest absolute Gasteiger partial charge is 0.243 e. The Morgan fingerprint density at radius 3 is 2.89 bits per heavy atom. The van der Waals surface area contributed by atoms with Crippen molar-refractivity contribution in [3.8, 4) is 0 Å². The fourth-order valence-electron chi connectivity index (χ4n) is 3.16. The van der Waals surface area contributed by atoms with Crippen LogP contribution in [-0.2, 0) is 9.53 Å². The van der Waals surface area contributed by atoms with Crippen molar-refractivity contribution in [2.45, 2.75) is 26.2 Å². The van der Waals surface area contributed by atoms with Crippen molar-refractivity contribution in [3.63, 3.8) is 0 Å². The highest BCUT2D eigenvalue weighted by Gasteiger charge is 2.50. The predicted octanol–water partition coefficient (Wildman–Crippen LogP) is 1.99. The lowest BCUT2D eigenvalue weighted by atomic mass is 10.1. The van der Waals surface area contributed by atoms with Gasteiger partial charge in [0.1, 0.15) is 0 Å². The van der Waals surface area contributed by atoms with Crippen LogP contribution >= 0.6 is 0 Å². The van der Waals surface area contributed by atoms with Crippen LogP contribution in [0.3, 0.4) is 0 Å². The molecule has 1 amide bonds. The molecule has 1 N–H and O–H groups in total. The first-order valence-electron chi connectivity index (χ1n) is 7.28. The molecule has 0 aromatic carbocycles. The maximum Gasteiger partial charge on any atom is 0.243 e. The molecular weight excluding hydrogens is 226 g/mol. The van der Waals surface area contributed by atoms with Crippen molar-refractivity contribution in [2.24, 2.45) is 29.6 Å². The molecule has 3 rings (SSSR count). The van der Waals surface area contributed by atoms with Crippen LogP contribution in [0.2, 0.25) is 0 Å². The summed E-state index contributed by atoms with van der Waals surface area (Å²) >= 11 is 0. The Balaban J connectivity index is 1.33. The van der Waals surface area contributed by atoms with Crippen LogP contribution in [0.25, 0.3) is 0 Å². The number of rotatable bonds is 5. The van der Waals surface area contributed by atoms with Gasteiger partial charge in [0.2, 0.25) is 5.91 Å². The molecule has 2 saturated carbocycles. The average molecular weight is 249 g/mol. The number of carbonyl (C=O) groups is 1. The van der Waals surface area contributed by atoms with Gasteiger partial charge in [0.25, 0.3) is 0 Å². The molecule has 2 aliphatic carbocycles. The van der Waals surface area contributed by atoms with Gasteiger partial charge in [-0.25, -0.2) is 0 Å². The summed E-state index contributed by atoms with van der Waals surface area (Å²) in [7, 11) is 0. The van der Waals surface area contributed by atoms with E-state index in [9.17, 15) is 4.79 Å². The van der Waals surface area contributed by atoms with Gasteiger partial charge < -0.3 is 10.1 Å². The molecule has 0 aromatic heterocycles. The van der Waals surface area contributed by atoms with Gasteiger partial charge >= 0.3 is 0 Å². The van der Waals surface area contributed by atoms with Crippen LogP contribution in [0.1, 0.15) is 26.2 Å². The maximum atomic E-state index is 11.6. The molecule has 1 saturated heterocycles. The molecule has 0 bridgehead atoms. The summed E-state index contributed by atoms with van der Waals surface area (Å²) in [4.78, 5) is 11.6. The van der Waals surface area contributed by atoms with Crippen LogP contribution < -0.4 is 5.32 Å². The highest BCUT2D eigenvalue weighted by atomic mass is 16.5. The molecule has 3 heteroatoms. The Bertz CT molecular complexity index is 346. The number of hydrogen-bond acceptors (Lipinski definition) is 2. The zero-order valence-corrected chi connectivity index (χ0v) is 11.1. The molecule has 1 heterocycles. The predicted molar refractivity (Wildman–Crippen MR) is 69.9 cm³/mol. The topological polar surface area (TPSA) is 38.3 Å². The zero-order chi connectivity index (χ0) is 12.5. The third kappa shape index (κ3) is 2.94. The van der Waals surface area contributed by atoms with Gasteiger partial charge in [-0.05, 0) is 49.0 Å². The largest absolute Gasteiger partial charge is 0.381 e. The quantitative estimate of drug-likeness (QED) is 0.757. The minimum absolute atomic E-state index is 0.0661.